The number of aliphatic hydroxyl groups excluding tert-OH is 1. The molecule has 2 aromatic rings. The number of nitrogens with one attached hydrogen (secondary N) is 1. The van der Waals surface area contributed by atoms with Gasteiger partial charge in [-0.1, -0.05) is 43.7 Å². The molecule has 4 N–H and O–H groups in total. The van der Waals surface area contributed by atoms with Gasteiger partial charge in [0, 0.05) is 11.7 Å². The highest BCUT2D eigenvalue weighted by molar-refractivity contribution is 5.92. The lowest BCUT2D eigenvalue weighted by molar-refractivity contribution is -0.120. The minimum absolute atomic E-state index is 0.122. The normalized spacial score (nSPS) is 21.9. The Labute approximate surface area is 160 Å². The molecule has 0 radical (unpaired) electrons. The van der Waals surface area contributed by atoms with Crippen LogP contribution in [0.5, 0.6) is 5.75 Å². The van der Waals surface area contributed by atoms with Gasteiger partial charge in [-0.3, -0.25) is 4.79 Å². The number of hydrogen-bond acceptors (Lipinski definition) is 4. The third-order valence-electron chi connectivity index (χ3n) is 5.21. The zero-order chi connectivity index (χ0) is 19.2. The van der Waals surface area contributed by atoms with Gasteiger partial charge in [0.15, 0.2) is 0 Å². The number of amides is 1. The maximum Gasteiger partial charge on any atom is 0.229 e. The van der Waals surface area contributed by atoms with Crippen LogP contribution < -0.4 is 15.8 Å². The van der Waals surface area contributed by atoms with E-state index in [4.69, 9.17) is 10.5 Å². The second-order valence-corrected chi connectivity index (χ2v) is 7.25. The zero-order valence-electron chi connectivity index (χ0n) is 15.7. The van der Waals surface area contributed by atoms with Gasteiger partial charge >= 0.3 is 0 Å². The first-order valence-corrected chi connectivity index (χ1v) is 9.61. The van der Waals surface area contributed by atoms with Crippen LogP contribution in [0.15, 0.2) is 54.6 Å². The minimum Gasteiger partial charge on any atom is -0.488 e. The number of carbonyl (C=O) groups excluding carboxylic acids is 1. The molecule has 1 saturated carbocycles. The van der Waals surface area contributed by atoms with E-state index in [1.807, 2.05) is 61.5 Å². The summed E-state index contributed by atoms with van der Waals surface area (Å²) in [7, 11) is 0. The van der Waals surface area contributed by atoms with Gasteiger partial charge < -0.3 is 20.9 Å². The number of anilines is 1. The Morgan fingerprint density at radius 1 is 1.11 bits per heavy atom. The monoisotopic (exact) mass is 368 g/mol. The predicted octanol–water partition coefficient (Wildman–Crippen LogP) is 3.64. The summed E-state index contributed by atoms with van der Waals surface area (Å²) in [6.07, 6.45) is 3.24. The summed E-state index contributed by atoms with van der Waals surface area (Å²) >= 11 is 0. The lowest BCUT2D eigenvalue weighted by Crippen LogP contribution is -2.34. The summed E-state index contributed by atoms with van der Waals surface area (Å²) in [6, 6.07) is 16.5. The Kier molecular flexibility index (Phi) is 6.48. The fourth-order valence-electron chi connectivity index (χ4n) is 3.39. The van der Waals surface area contributed by atoms with Crippen LogP contribution in [0.25, 0.3) is 0 Å². The number of hydrogen-bond donors (Lipinski definition) is 3. The number of aliphatic hydroxyl groups is 1. The van der Waals surface area contributed by atoms with E-state index in [1.54, 1.807) is 0 Å². The first kappa shape index (κ1) is 19.4. The molecule has 0 heterocycles. The van der Waals surface area contributed by atoms with E-state index in [9.17, 15) is 9.90 Å². The Morgan fingerprint density at radius 2 is 1.78 bits per heavy atom. The summed E-state index contributed by atoms with van der Waals surface area (Å²) < 4.78 is 5.89. The molecule has 0 bridgehead atoms. The highest BCUT2D eigenvalue weighted by Gasteiger charge is 2.25. The van der Waals surface area contributed by atoms with Crippen molar-refractivity contribution in [2.24, 2.45) is 11.7 Å². The molecule has 0 saturated heterocycles. The number of benzene rings is 2. The molecule has 1 aliphatic rings. The van der Waals surface area contributed by atoms with Crippen molar-refractivity contribution in [3.63, 3.8) is 0 Å². The summed E-state index contributed by atoms with van der Waals surface area (Å²) in [5.74, 6) is 0.219. The van der Waals surface area contributed by atoms with Gasteiger partial charge in [-0.2, -0.15) is 0 Å². The number of nitrogens with two attached hydrogens (primary N) is 1. The molecule has 144 valence electrons. The topological polar surface area (TPSA) is 84.6 Å². The third kappa shape index (κ3) is 5.08. The molecule has 0 aromatic heterocycles. The minimum atomic E-state index is -0.404. The first-order valence-electron chi connectivity index (χ1n) is 9.61. The summed E-state index contributed by atoms with van der Waals surface area (Å²) in [5.41, 5.74) is 7.87. The molecule has 0 spiro atoms. The second-order valence-electron chi connectivity index (χ2n) is 7.25. The Bertz CT molecular complexity index is 733. The van der Waals surface area contributed by atoms with E-state index in [1.165, 1.54) is 0 Å². The summed E-state index contributed by atoms with van der Waals surface area (Å²) in [4.78, 5) is 12.5. The van der Waals surface area contributed by atoms with Gasteiger partial charge in [0.1, 0.15) is 11.9 Å². The van der Waals surface area contributed by atoms with E-state index in [0.717, 1.165) is 31.2 Å². The molecule has 5 nitrogen and oxygen atoms in total. The molecule has 1 fully saturated rings. The predicted molar refractivity (Wildman–Crippen MR) is 106 cm³/mol. The Balaban J connectivity index is 1.56. The fourth-order valence-corrected chi connectivity index (χ4v) is 3.39. The molecule has 2 aromatic carbocycles. The van der Waals surface area contributed by atoms with Gasteiger partial charge in [-0.05, 0) is 49.1 Å². The lowest BCUT2D eigenvalue weighted by atomic mass is 9.94. The van der Waals surface area contributed by atoms with Crippen LogP contribution in [0.2, 0.25) is 0 Å². The second kappa shape index (κ2) is 9.02. The van der Waals surface area contributed by atoms with Crippen molar-refractivity contribution in [1.29, 1.82) is 0 Å². The SMILES string of the molecule is CC(C(=O)Nc1ccc(OC2CCCCC2O)cc1)C(N)c1ccccc1. The first-order chi connectivity index (χ1) is 13.0. The van der Waals surface area contributed by atoms with Gasteiger partial charge in [-0.25, -0.2) is 0 Å². The molecule has 1 aliphatic carbocycles. The van der Waals surface area contributed by atoms with Crippen molar-refractivity contribution in [2.45, 2.75) is 50.9 Å². The average molecular weight is 368 g/mol. The fraction of sp³-hybridized carbons (Fsp3) is 0.409. The molecule has 3 rings (SSSR count). The van der Waals surface area contributed by atoms with Crippen molar-refractivity contribution in [1.82, 2.24) is 0 Å². The van der Waals surface area contributed by atoms with E-state index < -0.39 is 6.10 Å². The molecular weight excluding hydrogens is 340 g/mol. The van der Waals surface area contributed by atoms with Gasteiger partial charge in [0.2, 0.25) is 5.91 Å². The summed E-state index contributed by atoms with van der Waals surface area (Å²) in [6.45, 7) is 1.83. The van der Waals surface area contributed by atoms with Crippen molar-refractivity contribution in [3.8, 4) is 5.75 Å². The molecule has 27 heavy (non-hydrogen) atoms. The van der Waals surface area contributed by atoms with Crippen LogP contribution in [0.4, 0.5) is 5.69 Å². The standard InChI is InChI=1S/C22H28N2O3/c1-15(21(23)16-7-3-2-4-8-16)22(26)24-17-11-13-18(14-12-17)27-20-10-6-5-9-19(20)25/h2-4,7-8,11-15,19-21,25H,5-6,9-10,23H2,1H3,(H,24,26). The third-order valence-corrected chi connectivity index (χ3v) is 5.21. The lowest BCUT2D eigenvalue weighted by Gasteiger charge is -2.28. The van der Waals surface area contributed by atoms with Crippen LogP contribution in [-0.2, 0) is 4.79 Å². The zero-order valence-corrected chi connectivity index (χ0v) is 15.7. The van der Waals surface area contributed by atoms with E-state index in [2.05, 4.69) is 5.32 Å². The van der Waals surface area contributed by atoms with Crippen LogP contribution in [-0.4, -0.2) is 23.2 Å². The highest BCUT2D eigenvalue weighted by atomic mass is 16.5. The van der Waals surface area contributed by atoms with E-state index in [0.29, 0.717) is 11.4 Å². The number of ether oxygens (including phenoxy) is 1. The van der Waals surface area contributed by atoms with E-state index >= 15 is 0 Å². The molecule has 4 unspecified atom stereocenters. The molecule has 0 aliphatic heterocycles. The van der Waals surface area contributed by atoms with Gasteiger partial charge in [0.05, 0.1) is 12.0 Å². The van der Waals surface area contributed by atoms with Crippen molar-refractivity contribution in [3.05, 3.63) is 60.2 Å². The van der Waals surface area contributed by atoms with Crippen LogP contribution in [0.3, 0.4) is 0 Å². The largest absolute Gasteiger partial charge is 0.488 e. The Hall–Kier alpha value is -2.37. The van der Waals surface area contributed by atoms with Crippen molar-refractivity contribution in [2.75, 3.05) is 5.32 Å². The Morgan fingerprint density at radius 3 is 2.44 bits per heavy atom. The van der Waals surface area contributed by atoms with Crippen LogP contribution >= 0.6 is 0 Å². The maximum absolute atomic E-state index is 12.5. The van der Waals surface area contributed by atoms with Gasteiger partial charge in [-0.15, -0.1) is 0 Å². The number of carbonyl (C=O) groups is 1. The quantitative estimate of drug-likeness (QED) is 0.727. The smallest absolute Gasteiger partial charge is 0.229 e. The summed E-state index contributed by atoms with van der Waals surface area (Å²) in [5, 5.41) is 12.9. The molecular formula is C22H28N2O3. The van der Waals surface area contributed by atoms with Crippen molar-refractivity contribution < 1.29 is 14.6 Å². The van der Waals surface area contributed by atoms with Crippen molar-refractivity contribution >= 4 is 11.6 Å². The van der Waals surface area contributed by atoms with Crippen LogP contribution in [0, 0.1) is 5.92 Å². The van der Waals surface area contributed by atoms with Gasteiger partial charge in [0.25, 0.3) is 0 Å². The molecule has 1 amide bonds. The van der Waals surface area contributed by atoms with E-state index in [-0.39, 0.29) is 24.0 Å². The maximum atomic E-state index is 12.5. The average Bonchev–Trinajstić information content (AvgIpc) is 2.70. The molecule has 5 heteroatoms. The van der Waals surface area contributed by atoms with Crippen LogP contribution in [0.1, 0.15) is 44.2 Å². The number of rotatable bonds is 6. The molecule has 4 atom stereocenters. The highest BCUT2D eigenvalue weighted by Crippen LogP contribution is 2.26.